The SMILES string of the molecule is O=C(c1cccc([N+](=O)[O-])c1)N(CCN1CCOCC1)c1nc2ccc(F)cc2s1. The molecule has 2 heterocycles. The van der Waals surface area contributed by atoms with E-state index in [9.17, 15) is 19.3 Å². The van der Waals surface area contributed by atoms with Crippen molar-refractivity contribution in [3.05, 3.63) is 64.0 Å². The molecule has 1 amide bonds. The third-order valence-electron chi connectivity index (χ3n) is 4.86. The molecule has 3 aromatic rings. The van der Waals surface area contributed by atoms with Gasteiger partial charge in [-0.3, -0.25) is 24.7 Å². The van der Waals surface area contributed by atoms with Crippen LogP contribution in [0.4, 0.5) is 15.2 Å². The number of nitro groups is 1. The van der Waals surface area contributed by atoms with Gasteiger partial charge in [0.15, 0.2) is 5.13 Å². The summed E-state index contributed by atoms with van der Waals surface area (Å²) in [6, 6.07) is 9.92. The highest BCUT2D eigenvalue weighted by Gasteiger charge is 2.24. The maximum absolute atomic E-state index is 13.6. The van der Waals surface area contributed by atoms with Crippen LogP contribution in [0.5, 0.6) is 0 Å². The lowest BCUT2D eigenvalue weighted by atomic mass is 10.2. The van der Waals surface area contributed by atoms with Crippen LogP contribution in [0, 0.1) is 15.9 Å². The summed E-state index contributed by atoms with van der Waals surface area (Å²) in [7, 11) is 0. The molecular weight excluding hydrogens is 411 g/mol. The Hall–Kier alpha value is -2.95. The number of anilines is 1. The fraction of sp³-hybridized carbons (Fsp3) is 0.300. The van der Waals surface area contributed by atoms with Gasteiger partial charge in [-0.1, -0.05) is 17.4 Å². The number of carbonyl (C=O) groups is 1. The van der Waals surface area contributed by atoms with Crippen molar-refractivity contribution in [2.75, 3.05) is 44.3 Å². The van der Waals surface area contributed by atoms with Gasteiger partial charge in [0, 0.05) is 43.9 Å². The van der Waals surface area contributed by atoms with Gasteiger partial charge in [-0.15, -0.1) is 0 Å². The third kappa shape index (κ3) is 4.45. The Morgan fingerprint density at radius 3 is 2.83 bits per heavy atom. The first kappa shape index (κ1) is 20.3. The van der Waals surface area contributed by atoms with Crippen LogP contribution in [0.2, 0.25) is 0 Å². The van der Waals surface area contributed by atoms with Gasteiger partial charge < -0.3 is 4.74 Å². The van der Waals surface area contributed by atoms with E-state index in [0.29, 0.717) is 41.7 Å². The van der Waals surface area contributed by atoms with Crippen molar-refractivity contribution < 1.29 is 18.8 Å². The summed E-state index contributed by atoms with van der Waals surface area (Å²) in [5, 5.41) is 11.5. The summed E-state index contributed by atoms with van der Waals surface area (Å²) in [5.41, 5.74) is 0.650. The van der Waals surface area contributed by atoms with E-state index in [-0.39, 0.29) is 23.0 Å². The van der Waals surface area contributed by atoms with E-state index in [1.807, 2.05) is 0 Å². The number of morpholine rings is 1. The van der Waals surface area contributed by atoms with Crippen LogP contribution < -0.4 is 4.90 Å². The number of nitrogens with zero attached hydrogens (tertiary/aromatic N) is 4. The number of fused-ring (bicyclic) bond motifs is 1. The zero-order valence-corrected chi connectivity index (χ0v) is 16.8. The van der Waals surface area contributed by atoms with Gasteiger partial charge in [-0.2, -0.15) is 0 Å². The second kappa shape index (κ2) is 8.82. The van der Waals surface area contributed by atoms with Crippen molar-refractivity contribution in [1.29, 1.82) is 0 Å². The van der Waals surface area contributed by atoms with Crippen LogP contribution in [0.15, 0.2) is 42.5 Å². The van der Waals surface area contributed by atoms with E-state index in [1.54, 1.807) is 12.1 Å². The molecule has 1 fully saturated rings. The number of thiazole rings is 1. The highest BCUT2D eigenvalue weighted by atomic mass is 32.1. The molecule has 0 atom stereocenters. The van der Waals surface area contributed by atoms with E-state index >= 15 is 0 Å². The Kier molecular flexibility index (Phi) is 5.98. The van der Waals surface area contributed by atoms with Crippen molar-refractivity contribution >= 4 is 38.3 Å². The van der Waals surface area contributed by atoms with Crippen molar-refractivity contribution in [2.45, 2.75) is 0 Å². The Balaban J connectivity index is 1.65. The fourth-order valence-electron chi connectivity index (χ4n) is 3.26. The Morgan fingerprint density at radius 2 is 2.07 bits per heavy atom. The molecule has 0 radical (unpaired) electrons. The zero-order valence-electron chi connectivity index (χ0n) is 16.0. The van der Waals surface area contributed by atoms with Crippen LogP contribution in [0.25, 0.3) is 10.2 Å². The number of aromatic nitrogens is 1. The number of hydrogen-bond donors (Lipinski definition) is 0. The van der Waals surface area contributed by atoms with Crippen molar-refractivity contribution in [1.82, 2.24) is 9.88 Å². The van der Waals surface area contributed by atoms with Crippen LogP contribution in [-0.4, -0.2) is 60.1 Å². The zero-order chi connectivity index (χ0) is 21.1. The van der Waals surface area contributed by atoms with Gasteiger partial charge in [0.25, 0.3) is 11.6 Å². The Bertz CT molecular complexity index is 1080. The molecule has 1 aromatic heterocycles. The molecule has 8 nitrogen and oxygen atoms in total. The molecule has 10 heteroatoms. The van der Waals surface area contributed by atoms with E-state index < -0.39 is 4.92 Å². The first-order valence-corrected chi connectivity index (χ1v) is 10.3. The number of ether oxygens (including phenoxy) is 1. The quantitative estimate of drug-likeness (QED) is 0.440. The molecule has 1 aliphatic heterocycles. The van der Waals surface area contributed by atoms with Gasteiger partial charge >= 0.3 is 0 Å². The van der Waals surface area contributed by atoms with Gasteiger partial charge in [0.2, 0.25) is 0 Å². The number of carbonyl (C=O) groups excluding carboxylic acids is 1. The van der Waals surface area contributed by atoms with E-state index in [0.717, 1.165) is 13.1 Å². The molecule has 156 valence electrons. The number of benzene rings is 2. The summed E-state index contributed by atoms with van der Waals surface area (Å²) in [5.74, 6) is -0.755. The molecule has 0 spiro atoms. The predicted molar refractivity (Wildman–Crippen MR) is 112 cm³/mol. The Morgan fingerprint density at radius 1 is 1.27 bits per heavy atom. The van der Waals surface area contributed by atoms with Crippen molar-refractivity contribution in [3.8, 4) is 0 Å². The minimum absolute atomic E-state index is 0.152. The molecular formula is C20H19FN4O4S. The van der Waals surface area contributed by atoms with Gasteiger partial charge in [0.1, 0.15) is 5.82 Å². The van der Waals surface area contributed by atoms with Gasteiger partial charge in [0.05, 0.1) is 28.4 Å². The highest BCUT2D eigenvalue weighted by Crippen LogP contribution is 2.30. The van der Waals surface area contributed by atoms with E-state index in [4.69, 9.17) is 4.74 Å². The lowest BCUT2D eigenvalue weighted by molar-refractivity contribution is -0.384. The standard InChI is InChI=1S/C20H19FN4O4S/c21-15-4-5-17-18(13-15)30-20(22-17)24(7-6-23-8-10-29-11-9-23)19(26)14-2-1-3-16(12-14)25(27)28/h1-5,12-13H,6-11H2. The Labute approximate surface area is 175 Å². The van der Waals surface area contributed by atoms with Crippen LogP contribution >= 0.6 is 11.3 Å². The lowest BCUT2D eigenvalue weighted by Gasteiger charge is -2.29. The minimum Gasteiger partial charge on any atom is -0.379 e. The van der Waals surface area contributed by atoms with Crippen molar-refractivity contribution in [2.24, 2.45) is 0 Å². The maximum atomic E-state index is 13.6. The summed E-state index contributed by atoms with van der Waals surface area (Å²) in [6.45, 7) is 3.77. The smallest absolute Gasteiger partial charge is 0.270 e. The number of amides is 1. The molecule has 1 aliphatic rings. The molecule has 0 unspecified atom stereocenters. The second-order valence-electron chi connectivity index (χ2n) is 6.83. The molecule has 30 heavy (non-hydrogen) atoms. The van der Waals surface area contributed by atoms with Crippen LogP contribution in [0.3, 0.4) is 0 Å². The molecule has 0 bridgehead atoms. The summed E-state index contributed by atoms with van der Waals surface area (Å²) in [4.78, 5) is 32.1. The van der Waals surface area contributed by atoms with Gasteiger partial charge in [-0.05, 0) is 24.3 Å². The number of rotatable bonds is 6. The van der Waals surface area contributed by atoms with Crippen LogP contribution in [-0.2, 0) is 4.74 Å². The second-order valence-corrected chi connectivity index (χ2v) is 7.84. The third-order valence-corrected chi connectivity index (χ3v) is 5.90. The first-order valence-electron chi connectivity index (χ1n) is 9.44. The molecule has 1 saturated heterocycles. The number of halogens is 1. The predicted octanol–water partition coefficient (Wildman–Crippen LogP) is 3.32. The summed E-state index contributed by atoms with van der Waals surface area (Å²) >= 11 is 1.22. The van der Waals surface area contributed by atoms with E-state index in [2.05, 4.69) is 9.88 Å². The molecule has 0 saturated carbocycles. The monoisotopic (exact) mass is 430 g/mol. The molecule has 0 N–H and O–H groups in total. The average molecular weight is 430 g/mol. The summed E-state index contributed by atoms with van der Waals surface area (Å²) in [6.07, 6.45) is 0. The topological polar surface area (TPSA) is 88.8 Å². The lowest BCUT2D eigenvalue weighted by Crippen LogP contribution is -2.43. The molecule has 4 rings (SSSR count). The molecule has 2 aromatic carbocycles. The fourth-order valence-corrected chi connectivity index (χ4v) is 4.28. The van der Waals surface area contributed by atoms with E-state index in [1.165, 1.54) is 46.6 Å². The van der Waals surface area contributed by atoms with Gasteiger partial charge in [-0.25, -0.2) is 9.37 Å². The minimum atomic E-state index is -0.532. The largest absolute Gasteiger partial charge is 0.379 e. The number of hydrogen-bond acceptors (Lipinski definition) is 7. The maximum Gasteiger partial charge on any atom is 0.270 e. The number of nitro benzene ring substituents is 1. The molecule has 0 aliphatic carbocycles. The normalized spacial score (nSPS) is 14.7. The van der Waals surface area contributed by atoms with Crippen LogP contribution in [0.1, 0.15) is 10.4 Å². The number of non-ortho nitro benzene ring substituents is 1. The highest BCUT2D eigenvalue weighted by molar-refractivity contribution is 7.22. The average Bonchev–Trinajstić information content (AvgIpc) is 3.17. The first-order chi connectivity index (χ1) is 14.5. The summed E-state index contributed by atoms with van der Waals surface area (Å²) < 4.78 is 19.6. The van der Waals surface area contributed by atoms with Crippen molar-refractivity contribution in [3.63, 3.8) is 0 Å².